The molecule has 0 saturated heterocycles. The van der Waals surface area contributed by atoms with E-state index >= 15 is 0 Å². The van der Waals surface area contributed by atoms with Crippen LogP contribution in [0.3, 0.4) is 0 Å². The molecule has 334 valence electrons. The molecule has 5 heterocycles. The van der Waals surface area contributed by atoms with E-state index in [1.807, 2.05) is 13.8 Å². The topological polar surface area (TPSA) is 137 Å². The van der Waals surface area contributed by atoms with E-state index in [0.717, 1.165) is 114 Å². The predicted octanol–water partition coefficient (Wildman–Crippen LogP) is 11.6. The minimum Gasteiger partial charge on any atom is -0.657 e. The second-order valence-electron chi connectivity index (χ2n) is 16.8. The van der Waals surface area contributed by atoms with Crippen molar-refractivity contribution in [2.45, 2.75) is 80.1 Å². The van der Waals surface area contributed by atoms with E-state index in [4.69, 9.17) is 19.9 Å². The van der Waals surface area contributed by atoms with Gasteiger partial charge in [-0.3, -0.25) is 0 Å². The van der Waals surface area contributed by atoms with Gasteiger partial charge in [-0.05, 0) is 146 Å². The number of hydrogen-bond acceptors (Lipinski definition) is 4. The number of benzene rings is 4. The van der Waals surface area contributed by atoms with Crippen LogP contribution < -0.4 is 30.1 Å². The van der Waals surface area contributed by atoms with Crippen LogP contribution in [0.25, 0.3) is 88.6 Å². The number of nitrogens with zero attached hydrogens (tertiary/aromatic N) is 4. The van der Waals surface area contributed by atoms with Crippen LogP contribution in [-0.2, 0) is 35.4 Å². The van der Waals surface area contributed by atoms with Gasteiger partial charge < -0.3 is 39.7 Å². The van der Waals surface area contributed by atoms with E-state index in [1.165, 1.54) is 22.3 Å². The normalized spacial score (nSPS) is 10.7. The van der Waals surface area contributed by atoms with Crippen LogP contribution >= 0.6 is 0 Å². The zero-order valence-electron chi connectivity index (χ0n) is 39.0. The summed E-state index contributed by atoms with van der Waals surface area (Å²) in [6, 6.07) is 51.5. The van der Waals surface area contributed by atoms with Crippen LogP contribution in [0, 0.1) is 27.7 Å². The van der Waals surface area contributed by atoms with E-state index in [2.05, 4.69) is 173 Å². The van der Waals surface area contributed by atoms with Crippen LogP contribution in [0.15, 0.2) is 146 Å². The summed E-state index contributed by atoms with van der Waals surface area (Å²) in [5, 5.41) is 19.3. The molecule has 5 aromatic heterocycles. The van der Waals surface area contributed by atoms with Gasteiger partial charge in [-0.15, -0.1) is 22.1 Å². The first-order chi connectivity index (χ1) is 31.9. The number of aliphatic carboxylic acids is 2. The monoisotopic (exact) mass is 1050 g/mol. The summed E-state index contributed by atoms with van der Waals surface area (Å²) in [5.41, 5.74) is 19.9. The molecule has 0 aliphatic carbocycles. The first-order valence-electron chi connectivity index (χ1n) is 22.7. The molecule has 0 aliphatic rings. The summed E-state index contributed by atoms with van der Waals surface area (Å²) in [5.74, 6) is -1.89. The quantitative estimate of drug-likeness (QED) is 0.0975. The molecule has 0 N–H and O–H groups in total. The fourth-order valence-electron chi connectivity index (χ4n) is 7.79. The molecule has 0 unspecified atom stereocenters. The summed E-state index contributed by atoms with van der Waals surface area (Å²) in [7, 11) is 0. The molecule has 9 aromatic rings. The second-order valence-corrected chi connectivity index (χ2v) is 16.8. The Morgan fingerprint density at radius 2 is 0.687 bits per heavy atom. The maximum absolute atomic E-state index is 9.65. The molecule has 8 nitrogen and oxygen atoms in total. The fourth-order valence-corrected chi connectivity index (χ4v) is 7.79. The fraction of sp³-hybridized carbons (Fsp3) is 0.207. The minimum atomic E-state index is -0.943. The summed E-state index contributed by atoms with van der Waals surface area (Å²) in [4.78, 5) is 40.8. The van der Waals surface area contributed by atoms with E-state index in [0.29, 0.717) is 0 Å². The number of aromatic nitrogens is 4. The standard InChI is InChI=1S/C48H36N4.2C5H10O2.Hf/c1-29-5-13-33(14-6-29)45-37-21-23-39(49-37)46(34-15-7-30(2)8-16-34)41-25-27-43(51-41)48(36-19-11-32(4)12-20-36)44-28-26-42(52-44)47(40-24-22-38(45)50-40)35-17-9-31(3)10-18-35;2*1-2-3-4-5(6)7;/h5-28H,1-4H3;2*2-4H2,1H3,(H,6,7);/q-2;;;+4/p-2. The van der Waals surface area contributed by atoms with Gasteiger partial charge in [0.05, 0.1) is 11.1 Å². The van der Waals surface area contributed by atoms with Gasteiger partial charge in [0.2, 0.25) is 0 Å². The molecule has 0 saturated carbocycles. The molecule has 67 heavy (non-hydrogen) atoms. The van der Waals surface area contributed by atoms with Crippen LogP contribution in [-0.4, -0.2) is 11.9 Å². The van der Waals surface area contributed by atoms with E-state index < -0.39 is 11.9 Å². The van der Waals surface area contributed by atoms with Crippen molar-refractivity contribution in [2.75, 3.05) is 0 Å². The average molecular weight is 1050 g/mol. The van der Waals surface area contributed by atoms with Crippen LogP contribution in [0.1, 0.15) is 74.6 Å². The van der Waals surface area contributed by atoms with Crippen molar-refractivity contribution in [1.29, 1.82) is 0 Å². The largest absolute Gasteiger partial charge is 4.00 e. The Kier molecular flexibility index (Phi) is 17.2. The van der Waals surface area contributed by atoms with Gasteiger partial charge in [-0.1, -0.05) is 110 Å². The zero-order valence-corrected chi connectivity index (χ0v) is 42.6. The van der Waals surface area contributed by atoms with Gasteiger partial charge in [0.1, 0.15) is 0 Å². The van der Waals surface area contributed by atoms with Crippen LogP contribution in [0.5, 0.6) is 0 Å². The number of rotatable bonds is 10. The minimum absolute atomic E-state index is 0. The third kappa shape index (κ3) is 12.4. The van der Waals surface area contributed by atoms with Crippen molar-refractivity contribution in [2.24, 2.45) is 0 Å². The third-order valence-corrected chi connectivity index (χ3v) is 11.4. The number of carbonyl (C=O) groups is 2. The van der Waals surface area contributed by atoms with Crippen molar-refractivity contribution in [3.8, 4) is 44.5 Å². The summed E-state index contributed by atoms with van der Waals surface area (Å²) in [6.07, 6.45) is 3.74. The number of hydrogen-bond donors (Lipinski definition) is 0. The number of aryl methyl sites for hydroxylation is 4. The molecule has 4 aromatic carbocycles. The first-order valence-corrected chi connectivity index (χ1v) is 22.7. The molecular weight excluding hydrogens is 995 g/mol. The van der Waals surface area contributed by atoms with Crippen molar-refractivity contribution in [3.63, 3.8) is 0 Å². The summed E-state index contributed by atoms with van der Waals surface area (Å²) in [6.45, 7) is 12.3. The molecule has 0 aliphatic heterocycles. The molecule has 9 heteroatoms. The Labute approximate surface area is 411 Å². The van der Waals surface area contributed by atoms with Gasteiger partial charge >= 0.3 is 25.8 Å². The molecule has 8 bridgehead atoms. The van der Waals surface area contributed by atoms with Gasteiger partial charge in [0.25, 0.3) is 0 Å². The average Bonchev–Trinajstić information content (AvgIpc) is 4.16. The van der Waals surface area contributed by atoms with Gasteiger partial charge in [-0.2, -0.15) is 0 Å². The van der Waals surface area contributed by atoms with Crippen molar-refractivity contribution >= 4 is 56.1 Å². The van der Waals surface area contributed by atoms with Gasteiger partial charge in [0, 0.05) is 59.5 Å². The molecular formula is C58H54HfN4O4. The maximum atomic E-state index is 9.65. The van der Waals surface area contributed by atoms with Crippen molar-refractivity contribution in [3.05, 3.63) is 168 Å². The SMILES string of the molecule is CCCCC(=O)[O-].CCCCC(=O)[O-].Cc1ccc(-c2c3ccc([n-]3)c(-c3ccc(C)cc3)c3ccc([n-]3)[c+](-c3ccc(C)cc3)c3ccc([n-]3)[c+](-c3ccc(C)cc3)c3ccc2[n-]3)cc1.[Hf+4]. The predicted molar refractivity (Wildman–Crippen MR) is 266 cm³/mol. The van der Waals surface area contributed by atoms with E-state index in [9.17, 15) is 19.8 Å². The molecule has 9 rings (SSSR count). The van der Waals surface area contributed by atoms with Crippen molar-refractivity contribution < 1.29 is 45.6 Å². The number of carboxylic acids is 2. The summed E-state index contributed by atoms with van der Waals surface area (Å²) < 4.78 is 0. The molecule has 0 atom stereocenters. The Hall–Kier alpha value is -6.71. The number of carboxylic acid groups (broad SMARTS) is 2. The smallest absolute Gasteiger partial charge is 0.657 e. The second kappa shape index (κ2) is 23.1. The van der Waals surface area contributed by atoms with Gasteiger partial charge in [0.15, 0.2) is 0 Å². The Morgan fingerprint density at radius 1 is 0.403 bits per heavy atom. The number of carbonyl (C=O) groups excluding carboxylic acids is 2. The first kappa shape index (κ1) is 49.7. The Balaban J connectivity index is 0.000000432. The third-order valence-electron chi connectivity index (χ3n) is 11.4. The van der Waals surface area contributed by atoms with E-state index in [1.54, 1.807) is 0 Å². The number of fused-ring (bicyclic) bond motifs is 8. The molecule has 0 amide bonds. The Bertz CT molecular complexity index is 2680. The zero-order chi connectivity index (χ0) is 46.7. The Morgan fingerprint density at radius 3 is 1.00 bits per heavy atom. The van der Waals surface area contributed by atoms with Crippen LogP contribution in [0.4, 0.5) is 0 Å². The maximum Gasteiger partial charge on any atom is 4.00 e. The molecule has 0 spiro atoms. The van der Waals surface area contributed by atoms with Crippen molar-refractivity contribution in [1.82, 2.24) is 19.9 Å². The van der Waals surface area contributed by atoms with Crippen LogP contribution in [0.2, 0.25) is 0 Å². The molecule has 0 fully saturated rings. The van der Waals surface area contributed by atoms with Gasteiger partial charge in [-0.25, -0.2) is 0 Å². The van der Waals surface area contributed by atoms with E-state index in [-0.39, 0.29) is 38.7 Å². The molecule has 0 radical (unpaired) electrons. The number of unbranched alkanes of at least 4 members (excludes halogenated alkanes) is 2. The summed E-state index contributed by atoms with van der Waals surface area (Å²) >= 11 is 0.